The van der Waals surface area contributed by atoms with Crippen LogP contribution >= 0.6 is 11.6 Å². The number of halogens is 2. The Hall–Kier alpha value is -2.07. The van der Waals surface area contributed by atoms with Crippen molar-refractivity contribution in [2.45, 2.75) is 12.3 Å². The molecule has 0 fully saturated rings. The number of hydrogen-bond acceptors (Lipinski definition) is 2. The van der Waals surface area contributed by atoms with Gasteiger partial charge in [0, 0.05) is 11.8 Å². The first-order valence-electron chi connectivity index (χ1n) is 6.56. The van der Waals surface area contributed by atoms with Gasteiger partial charge >= 0.3 is 0 Å². The first kappa shape index (κ1) is 13.9. The molecule has 0 saturated heterocycles. The van der Waals surface area contributed by atoms with E-state index in [-0.39, 0.29) is 11.2 Å². The molecular weight excluding hydrogens is 291 g/mol. The van der Waals surface area contributed by atoms with Gasteiger partial charge in [0.05, 0.1) is 23.5 Å². The summed E-state index contributed by atoms with van der Waals surface area (Å²) in [4.78, 5) is 4.57. The average molecular weight is 305 g/mol. The van der Waals surface area contributed by atoms with Crippen LogP contribution in [0.3, 0.4) is 0 Å². The summed E-state index contributed by atoms with van der Waals surface area (Å²) < 4.78 is 20.3. The molecule has 108 valence electrons. The molecule has 0 bridgehead atoms. The molecule has 0 aliphatic rings. The SMILES string of the molecule is COc1ccc2nc(C(C)Cl)n(-c3ccc(F)cc3)c2c1. The molecule has 0 aliphatic carbocycles. The topological polar surface area (TPSA) is 27.1 Å². The van der Waals surface area contributed by atoms with E-state index in [9.17, 15) is 4.39 Å². The van der Waals surface area contributed by atoms with Gasteiger partial charge in [0.15, 0.2) is 0 Å². The average Bonchev–Trinajstić information content (AvgIpc) is 2.86. The van der Waals surface area contributed by atoms with Crippen LogP contribution in [-0.4, -0.2) is 16.7 Å². The minimum Gasteiger partial charge on any atom is -0.497 e. The minimum atomic E-state index is -0.277. The molecule has 5 heteroatoms. The number of benzene rings is 2. The number of alkyl halides is 1. The van der Waals surface area contributed by atoms with E-state index in [1.54, 1.807) is 19.2 Å². The second-order valence-electron chi connectivity index (χ2n) is 4.75. The van der Waals surface area contributed by atoms with Crippen LogP contribution in [0.4, 0.5) is 4.39 Å². The van der Waals surface area contributed by atoms with E-state index >= 15 is 0 Å². The van der Waals surface area contributed by atoms with Gasteiger partial charge in [-0.25, -0.2) is 9.37 Å². The molecule has 0 amide bonds. The van der Waals surface area contributed by atoms with Crippen molar-refractivity contribution in [3.8, 4) is 11.4 Å². The van der Waals surface area contributed by atoms with E-state index in [1.165, 1.54) is 12.1 Å². The molecule has 0 radical (unpaired) electrons. The van der Waals surface area contributed by atoms with Gasteiger partial charge in [-0.2, -0.15) is 0 Å². The predicted molar refractivity (Wildman–Crippen MR) is 81.8 cm³/mol. The Morgan fingerprint density at radius 3 is 2.52 bits per heavy atom. The molecule has 3 nitrogen and oxygen atoms in total. The van der Waals surface area contributed by atoms with Crippen molar-refractivity contribution < 1.29 is 9.13 Å². The number of fused-ring (bicyclic) bond motifs is 1. The Bertz CT molecular complexity index is 781. The van der Waals surface area contributed by atoms with Crippen LogP contribution in [0.5, 0.6) is 5.75 Å². The quantitative estimate of drug-likeness (QED) is 0.667. The number of rotatable bonds is 3. The Balaban J connectivity index is 2.30. The molecule has 3 rings (SSSR count). The van der Waals surface area contributed by atoms with Gasteiger partial charge in [-0.05, 0) is 43.3 Å². The summed E-state index contributed by atoms with van der Waals surface area (Å²) in [5, 5.41) is -0.270. The van der Waals surface area contributed by atoms with Crippen LogP contribution < -0.4 is 4.74 Å². The van der Waals surface area contributed by atoms with Crippen molar-refractivity contribution in [3.05, 3.63) is 54.1 Å². The van der Waals surface area contributed by atoms with Gasteiger partial charge in [-0.3, -0.25) is 4.57 Å². The fourth-order valence-corrected chi connectivity index (χ4v) is 2.48. The number of imidazole rings is 1. The maximum Gasteiger partial charge on any atom is 0.132 e. The Morgan fingerprint density at radius 1 is 1.19 bits per heavy atom. The van der Waals surface area contributed by atoms with Crippen LogP contribution in [-0.2, 0) is 0 Å². The molecule has 1 aromatic heterocycles. The van der Waals surface area contributed by atoms with E-state index in [1.807, 2.05) is 29.7 Å². The molecule has 0 saturated carbocycles. The fourth-order valence-electron chi connectivity index (χ4n) is 2.33. The Morgan fingerprint density at radius 2 is 1.90 bits per heavy atom. The third-order valence-corrected chi connectivity index (χ3v) is 3.52. The molecule has 1 atom stereocenters. The van der Waals surface area contributed by atoms with E-state index in [0.29, 0.717) is 5.82 Å². The van der Waals surface area contributed by atoms with E-state index in [4.69, 9.17) is 16.3 Å². The summed E-state index contributed by atoms with van der Waals surface area (Å²) in [5.41, 5.74) is 2.51. The van der Waals surface area contributed by atoms with Crippen molar-refractivity contribution in [3.63, 3.8) is 0 Å². The van der Waals surface area contributed by atoms with Crippen molar-refractivity contribution >= 4 is 22.6 Å². The molecule has 1 unspecified atom stereocenters. The monoisotopic (exact) mass is 304 g/mol. The highest BCUT2D eigenvalue weighted by Crippen LogP contribution is 2.30. The largest absolute Gasteiger partial charge is 0.497 e. The molecule has 3 aromatic rings. The molecule has 0 spiro atoms. The first-order chi connectivity index (χ1) is 10.1. The molecule has 0 N–H and O–H groups in total. The Labute approximate surface area is 126 Å². The maximum absolute atomic E-state index is 13.1. The van der Waals surface area contributed by atoms with Crippen LogP contribution in [0.2, 0.25) is 0 Å². The second kappa shape index (κ2) is 5.37. The van der Waals surface area contributed by atoms with Crippen molar-refractivity contribution in [1.29, 1.82) is 0 Å². The van der Waals surface area contributed by atoms with Gasteiger partial charge < -0.3 is 4.74 Å². The Kier molecular flexibility index (Phi) is 3.55. The highest BCUT2D eigenvalue weighted by atomic mass is 35.5. The van der Waals surface area contributed by atoms with E-state index in [0.717, 1.165) is 22.5 Å². The van der Waals surface area contributed by atoms with Crippen molar-refractivity contribution in [2.75, 3.05) is 7.11 Å². The van der Waals surface area contributed by atoms with E-state index < -0.39 is 0 Å². The second-order valence-corrected chi connectivity index (χ2v) is 5.41. The van der Waals surface area contributed by atoms with Crippen molar-refractivity contribution in [2.24, 2.45) is 0 Å². The summed E-state index contributed by atoms with van der Waals surface area (Å²) in [6, 6.07) is 11.9. The summed E-state index contributed by atoms with van der Waals surface area (Å²) >= 11 is 6.25. The molecule has 0 aliphatic heterocycles. The lowest BCUT2D eigenvalue weighted by atomic mass is 10.2. The number of nitrogens with zero attached hydrogens (tertiary/aromatic N) is 2. The first-order valence-corrected chi connectivity index (χ1v) is 7.00. The minimum absolute atomic E-state index is 0.270. The molecule has 21 heavy (non-hydrogen) atoms. The summed E-state index contributed by atoms with van der Waals surface area (Å²) in [5.74, 6) is 1.17. The summed E-state index contributed by atoms with van der Waals surface area (Å²) in [7, 11) is 1.62. The van der Waals surface area contributed by atoms with Gasteiger partial charge in [0.25, 0.3) is 0 Å². The zero-order chi connectivity index (χ0) is 15.0. The third-order valence-electron chi connectivity index (χ3n) is 3.33. The zero-order valence-corrected chi connectivity index (χ0v) is 12.4. The molecule has 1 heterocycles. The molecule has 2 aromatic carbocycles. The normalized spacial score (nSPS) is 12.6. The standard InChI is InChI=1S/C16H14ClFN2O/c1-10(17)16-19-14-8-7-13(21-2)9-15(14)20(16)12-5-3-11(18)4-6-12/h3-10H,1-2H3. The lowest BCUT2D eigenvalue weighted by molar-refractivity contribution is 0.415. The van der Waals surface area contributed by atoms with Gasteiger partial charge in [-0.1, -0.05) is 0 Å². The van der Waals surface area contributed by atoms with Crippen LogP contribution in [0.25, 0.3) is 16.7 Å². The fraction of sp³-hybridized carbons (Fsp3) is 0.188. The number of hydrogen-bond donors (Lipinski definition) is 0. The smallest absolute Gasteiger partial charge is 0.132 e. The number of aromatic nitrogens is 2. The van der Waals surface area contributed by atoms with E-state index in [2.05, 4.69) is 4.98 Å². The summed E-state index contributed by atoms with van der Waals surface area (Å²) in [6.07, 6.45) is 0. The van der Waals surface area contributed by atoms with Gasteiger partial charge in [0.1, 0.15) is 17.4 Å². The van der Waals surface area contributed by atoms with Crippen LogP contribution in [0.15, 0.2) is 42.5 Å². The number of ether oxygens (including phenoxy) is 1. The van der Waals surface area contributed by atoms with Gasteiger partial charge in [0.2, 0.25) is 0 Å². The predicted octanol–water partition coefficient (Wildman–Crippen LogP) is 4.47. The van der Waals surface area contributed by atoms with Gasteiger partial charge in [-0.15, -0.1) is 11.6 Å². The van der Waals surface area contributed by atoms with Crippen LogP contribution in [0, 0.1) is 5.82 Å². The highest BCUT2D eigenvalue weighted by molar-refractivity contribution is 6.20. The van der Waals surface area contributed by atoms with Crippen LogP contribution in [0.1, 0.15) is 18.1 Å². The van der Waals surface area contributed by atoms with Crippen molar-refractivity contribution in [1.82, 2.24) is 9.55 Å². The molecular formula is C16H14ClFN2O. The lowest BCUT2D eigenvalue weighted by Crippen LogP contribution is -2.02. The highest BCUT2D eigenvalue weighted by Gasteiger charge is 2.16. The zero-order valence-electron chi connectivity index (χ0n) is 11.7. The number of methoxy groups -OCH3 is 1. The maximum atomic E-state index is 13.1. The third kappa shape index (κ3) is 2.47. The summed E-state index contributed by atoms with van der Waals surface area (Å²) in [6.45, 7) is 1.86. The lowest BCUT2D eigenvalue weighted by Gasteiger charge is -2.11.